The van der Waals surface area contributed by atoms with Crippen molar-refractivity contribution < 1.29 is 0 Å². The number of hydrogen-bond acceptors (Lipinski definition) is 3. The first-order valence-corrected chi connectivity index (χ1v) is 6.72. The van der Waals surface area contributed by atoms with E-state index in [0.717, 1.165) is 11.3 Å². The first-order chi connectivity index (χ1) is 9.65. The summed E-state index contributed by atoms with van der Waals surface area (Å²) in [5.74, 6) is 0. The molecule has 3 nitrogen and oxygen atoms in total. The average Bonchev–Trinajstić information content (AvgIpc) is 2.50. The van der Waals surface area contributed by atoms with Gasteiger partial charge in [0, 0.05) is 24.3 Å². The quantitative estimate of drug-likeness (QED) is 0.937. The second-order valence-electron chi connectivity index (χ2n) is 4.58. The second kappa shape index (κ2) is 6.42. The standard InChI is InChI=1S/C16H16ClN3/c1-20(15-4-2-3-12(9-15)10-18)16(11-19)13-5-7-14(17)8-6-13/h2-9,16H,11,19H2,1H3. The molecular formula is C16H16ClN3. The topological polar surface area (TPSA) is 53.0 Å². The molecule has 0 fully saturated rings. The van der Waals surface area contributed by atoms with Gasteiger partial charge in [0.25, 0.3) is 0 Å². The molecule has 20 heavy (non-hydrogen) atoms. The van der Waals surface area contributed by atoms with Crippen LogP contribution in [0, 0.1) is 11.3 Å². The molecule has 0 aliphatic carbocycles. The number of halogens is 1. The van der Waals surface area contributed by atoms with E-state index in [9.17, 15) is 0 Å². The van der Waals surface area contributed by atoms with Crippen molar-refractivity contribution in [1.82, 2.24) is 0 Å². The Hall–Kier alpha value is -2.02. The minimum Gasteiger partial charge on any atom is -0.366 e. The third-order valence-corrected chi connectivity index (χ3v) is 3.58. The van der Waals surface area contributed by atoms with Gasteiger partial charge in [-0.05, 0) is 35.9 Å². The van der Waals surface area contributed by atoms with Crippen molar-refractivity contribution in [3.05, 3.63) is 64.7 Å². The highest BCUT2D eigenvalue weighted by Crippen LogP contribution is 2.26. The minimum atomic E-state index is 0.0428. The van der Waals surface area contributed by atoms with E-state index in [2.05, 4.69) is 11.0 Å². The zero-order valence-electron chi connectivity index (χ0n) is 11.3. The maximum atomic E-state index is 8.98. The Balaban J connectivity index is 2.31. The third-order valence-electron chi connectivity index (χ3n) is 3.33. The van der Waals surface area contributed by atoms with Crippen molar-refractivity contribution in [3.8, 4) is 6.07 Å². The monoisotopic (exact) mass is 285 g/mol. The Morgan fingerprint density at radius 3 is 2.55 bits per heavy atom. The number of rotatable bonds is 4. The molecule has 2 N–H and O–H groups in total. The summed E-state index contributed by atoms with van der Waals surface area (Å²) in [6.07, 6.45) is 0. The summed E-state index contributed by atoms with van der Waals surface area (Å²) < 4.78 is 0. The van der Waals surface area contributed by atoms with Gasteiger partial charge in [-0.2, -0.15) is 5.26 Å². The van der Waals surface area contributed by atoms with Crippen LogP contribution in [0.3, 0.4) is 0 Å². The molecule has 0 radical (unpaired) electrons. The highest BCUT2D eigenvalue weighted by atomic mass is 35.5. The molecule has 2 rings (SSSR count). The summed E-state index contributed by atoms with van der Waals surface area (Å²) in [6.45, 7) is 0.481. The van der Waals surface area contributed by atoms with Crippen LogP contribution in [0.5, 0.6) is 0 Å². The third kappa shape index (κ3) is 3.11. The molecule has 0 spiro atoms. The van der Waals surface area contributed by atoms with Gasteiger partial charge in [0.15, 0.2) is 0 Å². The second-order valence-corrected chi connectivity index (χ2v) is 5.01. The maximum absolute atomic E-state index is 8.98. The number of nitriles is 1. The van der Waals surface area contributed by atoms with Crippen LogP contribution in [0.4, 0.5) is 5.69 Å². The van der Waals surface area contributed by atoms with Gasteiger partial charge in [-0.15, -0.1) is 0 Å². The Labute approximate surface area is 124 Å². The van der Waals surface area contributed by atoms with Crippen LogP contribution in [0.2, 0.25) is 5.02 Å². The fourth-order valence-electron chi connectivity index (χ4n) is 2.18. The number of hydrogen-bond donors (Lipinski definition) is 1. The van der Waals surface area contributed by atoms with Gasteiger partial charge < -0.3 is 10.6 Å². The summed E-state index contributed by atoms with van der Waals surface area (Å²) in [5.41, 5.74) is 8.62. The van der Waals surface area contributed by atoms with E-state index in [0.29, 0.717) is 17.1 Å². The minimum absolute atomic E-state index is 0.0428. The first-order valence-electron chi connectivity index (χ1n) is 6.34. The van der Waals surface area contributed by atoms with Gasteiger partial charge in [0.05, 0.1) is 17.7 Å². The van der Waals surface area contributed by atoms with Crippen LogP contribution >= 0.6 is 11.6 Å². The maximum Gasteiger partial charge on any atom is 0.0992 e. The lowest BCUT2D eigenvalue weighted by Crippen LogP contribution is -2.30. The first kappa shape index (κ1) is 14.4. The molecule has 0 saturated heterocycles. The molecule has 1 unspecified atom stereocenters. The smallest absolute Gasteiger partial charge is 0.0992 e. The molecule has 0 amide bonds. The Morgan fingerprint density at radius 2 is 1.95 bits per heavy atom. The van der Waals surface area contributed by atoms with E-state index in [1.807, 2.05) is 49.5 Å². The van der Waals surface area contributed by atoms with Gasteiger partial charge in [-0.1, -0.05) is 29.8 Å². The molecule has 0 aliphatic rings. The van der Waals surface area contributed by atoms with Crippen molar-refractivity contribution in [2.75, 3.05) is 18.5 Å². The van der Waals surface area contributed by atoms with Crippen LogP contribution in [0.25, 0.3) is 0 Å². The van der Waals surface area contributed by atoms with Gasteiger partial charge in [-0.25, -0.2) is 0 Å². The predicted molar refractivity (Wildman–Crippen MR) is 82.8 cm³/mol. The van der Waals surface area contributed by atoms with E-state index in [1.165, 1.54) is 0 Å². The summed E-state index contributed by atoms with van der Waals surface area (Å²) in [4.78, 5) is 2.07. The number of nitrogens with zero attached hydrogens (tertiary/aromatic N) is 2. The van der Waals surface area contributed by atoms with E-state index in [4.69, 9.17) is 22.6 Å². The molecule has 2 aromatic rings. The number of nitrogens with two attached hydrogens (primary N) is 1. The van der Waals surface area contributed by atoms with Crippen LogP contribution in [-0.4, -0.2) is 13.6 Å². The Morgan fingerprint density at radius 1 is 1.25 bits per heavy atom. The van der Waals surface area contributed by atoms with E-state index in [1.54, 1.807) is 6.07 Å². The zero-order valence-corrected chi connectivity index (χ0v) is 12.0. The molecule has 2 aromatic carbocycles. The van der Waals surface area contributed by atoms with E-state index >= 15 is 0 Å². The molecule has 102 valence electrons. The highest BCUT2D eigenvalue weighted by molar-refractivity contribution is 6.30. The molecule has 0 heterocycles. The SMILES string of the molecule is CN(c1cccc(C#N)c1)C(CN)c1ccc(Cl)cc1. The normalized spacial score (nSPS) is 11.7. The van der Waals surface area contributed by atoms with Gasteiger partial charge in [-0.3, -0.25) is 0 Å². The lowest BCUT2D eigenvalue weighted by Gasteiger charge is -2.29. The summed E-state index contributed by atoms with van der Waals surface area (Å²) >= 11 is 5.91. The molecule has 1 atom stereocenters. The number of likely N-dealkylation sites (N-methyl/N-ethyl adjacent to an activating group) is 1. The number of benzene rings is 2. The summed E-state index contributed by atoms with van der Waals surface area (Å²) in [7, 11) is 1.97. The van der Waals surface area contributed by atoms with Gasteiger partial charge in [0.1, 0.15) is 0 Å². The summed E-state index contributed by atoms with van der Waals surface area (Å²) in [5, 5.41) is 9.69. The fraction of sp³-hybridized carbons (Fsp3) is 0.188. The Bertz CT molecular complexity index is 616. The fourth-order valence-corrected chi connectivity index (χ4v) is 2.30. The van der Waals surface area contributed by atoms with Crippen LogP contribution < -0.4 is 10.6 Å². The van der Waals surface area contributed by atoms with E-state index in [-0.39, 0.29) is 6.04 Å². The van der Waals surface area contributed by atoms with Crippen molar-refractivity contribution >= 4 is 17.3 Å². The lowest BCUT2D eigenvalue weighted by molar-refractivity contribution is 0.681. The lowest BCUT2D eigenvalue weighted by atomic mass is 10.0. The molecule has 0 bridgehead atoms. The average molecular weight is 286 g/mol. The Kier molecular flexibility index (Phi) is 4.62. The largest absolute Gasteiger partial charge is 0.366 e. The predicted octanol–water partition coefficient (Wildman–Crippen LogP) is 3.35. The molecular weight excluding hydrogens is 270 g/mol. The van der Waals surface area contributed by atoms with Crippen LogP contribution in [0.1, 0.15) is 17.2 Å². The van der Waals surface area contributed by atoms with Crippen molar-refractivity contribution in [2.45, 2.75) is 6.04 Å². The summed E-state index contributed by atoms with van der Waals surface area (Å²) in [6, 6.07) is 17.4. The molecule has 0 aromatic heterocycles. The van der Waals surface area contributed by atoms with Crippen molar-refractivity contribution in [3.63, 3.8) is 0 Å². The van der Waals surface area contributed by atoms with Crippen LogP contribution in [0.15, 0.2) is 48.5 Å². The zero-order chi connectivity index (χ0) is 14.5. The van der Waals surface area contributed by atoms with Gasteiger partial charge >= 0.3 is 0 Å². The molecule has 0 saturated carbocycles. The van der Waals surface area contributed by atoms with E-state index < -0.39 is 0 Å². The molecule has 0 aliphatic heterocycles. The molecule has 4 heteroatoms. The highest BCUT2D eigenvalue weighted by Gasteiger charge is 2.16. The van der Waals surface area contributed by atoms with Crippen molar-refractivity contribution in [2.24, 2.45) is 5.73 Å². The van der Waals surface area contributed by atoms with Gasteiger partial charge in [0.2, 0.25) is 0 Å². The van der Waals surface area contributed by atoms with Crippen molar-refractivity contribution in [1.29, 1.82) is 5.26 Å². The number of anilines is 1. The van der Waals surface area contributed by atoms with Crippen LogP contribution in [-0.2, 0) is 0 Å².